The summed E-state index contributed by atoms with van der Waals surface area (Å²) in [6, 6.07) is 12.3. The van der Waals surface area contributed by atoms with Gasteiger partial charge in [0.15, 0.2) is 76.0 Å². The number of hydrogen-bond donors (Lipinski definition) is 0. The summed E-state index contributed by atoms with van der Waals surface area (Å²) in [5.74, 6) is -71.4. The van der Waals surface area contributed by atoms with Crippen LogP contribution in [0.3, 0.4) is 0 Å². The fraction of sp³-hybridized carbons (Fsp3) is 0. The Hall–Kier alpha value is -5.83. The van der Waals surface area contributed by atoms with Crippen LogP contribution in [0.15, 0.2) is 42.6 Å². The van der Waals surface area contributed by atoms with Gasteiger partial charge in [0.2, 0.25) is 5.52 Å². The molecular formula is C33H8BF20N. The lowest BCUT2D eigenvalue weighted by Crippen LogP contribution is -2.81. The van der Waals surface area contributed by atoms with Crippen LogP contribution < -0.4 is 26.8 Å². The van der Waals surface area contributed by atoms with Crippen molar-refractivity contribution in [1.29, 1.82) is 0 Å². The van der Waals surface area contributed by atoms with Crippen LogP contribution in [0.4, 0.5) is 87.8 Å². The van der Waals surface area contributed by atoms with E-state index in [2.05, 4.69) is 23.2 Å². The first-order valence-electron chi connectivity index (χ1n) is 14.3. The Kier molecular flexibility index (Phi) is 10.6. The normalized spacial score (nSPS) is 11.6. The van der Waals surface area contributed by atoms with E-state index < -0.39 is 144 Å². The molecule has 0 aliphatic carbocycles. The zero-order valence-electron chi connectivity index (χ0n) is 25.7. The Bertz CT molecular complexity index is 2110. The number of hydrogen-bond acceptors (Lipinski definition) is 0. The number of aromatic amines is 1. The van der Waals surface area contributed by atoms with Crippen molar-refractivity contribution in [2.24, 2.45) is 0 Å². The van der Waals surface area contributed by atoms with Crippen LogP contribution in [-0.4, -0.2) is 6.15 Å². The lowest BCUT2D eigenvalue weighted by atomic mass is 9.12. The Balaban J connectivity index is 0.000000496. The van der Waals surface area contributed by atoms with E-state index in [-0.39, 0.29) is 0 Å². The summed E-state index contributed by atoms with van der Waals surface area (Å²) in [5, 5.41) is 1.25. The molecule has 0 atom stereocenters. The van der Waals surface area contributed by atoms with Crippen LogP contribution in [-0.2, 0) is 0 Å². The molecule has 0 saturated heterocycles. The molecule has 55 heavy (non-hydrogen) atoms. The van der Waals surface area contributed by atoms with E-state index in [9.17, 15) is 52.7 Å². The van der Waals surface area contributed by atoms with Crippen LogP contribution in [0.2, 0.25) is 0 Å². The Morgan fingerprint density at radius 1 is 0.273 bits per heavy atom. The molecule has 0 fully saturated rings. The Morgan fingerprint density at radius 3 is 0.745 bits per heavy atom. The summed E-state index contributed by atoms with van der Waals surface area (Å²) in [4.78, 5) is 3.15. The van der Waals surface area contributed by atoms with Crippen LogP contribution in [0.5, 0.6) is 0 Å². The average molecular weight is 809 g/mol. The number of nitrogens with one attached hydrogen (secondary N) is 1. The number of halogens is 20. The summed E-state index contributed by atoms with van der Waals surface area (Å²) >= 11 is 0. The lowest BCUT2D eigenvalue weighted by Gasteiger charge is -2.44. The molecule has 0 radical (unpaired) electrons. The predicted molar refractivity (Wildman–Crippen MR) is 150 cm³/mol. The van der Waals surface area contributed by atoms with Crippen molar-refractivity contribution in [2.45, 2.75) is 0 Å². The molecule has 0 aliphatic rings. The van der Waals surface area contributed by atoms with Gasteiger partial charge in [0.25, 0.3) is 0 Å². The molecule has 6 aromatic rings. The largest absolute Gasteiger partial charge is 0.211 e. The third-order valence-electron chi connectivity index (χ3n) is 8.28. The zero-order valence-corrected chi connectivity index (χ0v) is 25.7. The first kappa shape index (κ1) is 40.4. The monoisotopic (exact) mass is 809 g/mol. The molecule has 0 amide bonds. The first-order chi connectivity index (χ1) is 25.7. The van der Waals surface area contributed by atoms with E-state index in [4.69, 9.17) is 0 Å². The van der Waals surface area contributed by atoms with Crippen LogP contribution in [0.1, 0.15) is 0 Å². The first-order valence-corrected chi connectivity index (χ1v) is 14.3. The second kappa shape index (κ2) is 14.4. The summed E-state index contributed by atoms with van der Waals surface area (Å²) < 4.78 is 294. The van der Waals surface area contributed by atoms with Crippen molar-refractivity contribution in [1.82, 2.24) is 0 Å². The van der Waals surface area contributed by atoms with Gasteiger partial charge in [-0.1, -0.05) is 12.1 Å². The van der Waals surface area contributed by atoms with Crippen molar-refractivity contribution in [3.05, 3.63) is 159 Å². The fourth-order valence-corrected chi connectivity index (χ4v) is 5.94. The number of fused-ring (bicyclic) bond motifs is 1. The van der Waals surface area contributed by atoms with Crippen molar-refractivity contribution in [3.8, 4) is 0 Å². The average Bonchev–Trinajstić information content (AvgIpc) is 3.18. The van der Waals surface area contributed by atoms with E-state index in [1.807, 2.05) is 24.4 Å². The van der Waals surface area contributed by atoms with Gasteiger partial charge in [0.05, 0.1) is 0 Å². The molecular weight excluding hydrogens is 801 g/mol. The van der Waals surface area contributed by atoms with Crippen LogP contribution in [0, 0.1) is 116 Å². The highest BCUT2D eigenvalue weighted by Crippen LogP contribution is 2.30. The van der Waals surface area contributed by atoms with E-state index >= 15 is 35.1 Å². The number of aromatic nitrogens is 1. The topological polar surface area (TPSA) is 14.1 Å². The Labute approximate surface area is 291 Å². The molecule has 288 valence electrons. The molecule has 0 saturated carbocycles. The highest BCUT2D eigenvalue weighted by Gasteiger charge is 2.52. The van der Waals surface area contributed by atoms with Gasteiger partial charge in [-0.25, -0.2) is 92.8 Å². The molecule has 1 aromatic heterocycles. The highest BCUT2D eigenvalue weighted by molar-refractivity contribution is 7.20. The number of pyridine rings is 1. The van der Waals surface area contributed by atoms with E-state index in [0.717, 1.165) is 0 Å². The summed E-state index contributed by atoms with van der Waals surface area (Å²) in [7, 11) is 0. The van der Waals surface area contributed by atoms with Gasteiger partial charge >= 0.3 is 0 Å². The summed E-state index contributed by atoms with van der Waals surface area (Å²) in [5.41, 5.74) is -13.1. The number of rotatable bonds is 4. The quantitative estimate of drug-likeness (QED) is 0.0759. The maximum atomic E-state index is 15.4. The third-order valence-corrected chi connectivity index (χ3v) is 8.28. The second-order valence-corrected chi connectivity index (χ2v) is 11.1. The van der Waals surface area contributed by atoms with E-state index in [1.165, 1.54) is 10.9 Å². The van der Waals surface area contributed by atoms with Crippen molar-refractivity contribution in [2.75, 3.05) is 0 Å². The van der Waals surface area contributed by atoms with Crippen molar-refractivity contribution < 1.29 is 92.8 Å². The standard InChI is InChI=1S/C24BF20.C9H7N/c26-5-1(6(27)14(35)21(42)13(5)34)25(2-7(28)15(36)22(43)16(37)8(2)29,3-9(30)17(38)23(44)18(39)10(3)31)4-11(32)19(40)24(45)20(41)12(4)33;1-2-6-9-8(4-1)5-3-7-10-9/h;1-7H/q-1;/p+1. The van der Waals surface area contributed by atoms with E-state index in [0.29, 0.717) is 0 Å². The minimum atomic E-state index is -7.22. The molecule has 0 aliphatic heterocycles. The predicted octanol–water partition coefficient (Wildman–Crippen LogP) is 7.50. The molecule has 0 spiro atoms. The number of H-pyrrole nitrogens is 1. The molecule has 1 nitrogen and oxygen atoms in total. The maximum Gasteiger partial charge on any atom is 0.210 e. The van der Waals surface area contributed by atoms with Gasteiger partial charge in [-0.15, -0.1) is 21.9 Å². The van der Waals surface area contributed by atoms with Gasteiger partial charge in [0, 0.05) is 17.5 Å². The smallest absolute Gasteiger partial charge is 0.210 e. The maximum absolute atomic E-state index is 15.4. The Morgan fingerprint density at radius 2 is 0.491 bits per heavy atom. The van der Waals surface area contributed by atoms with Crippen molar-refractivity contribution in [3.63, 3.8) is 0 Å². The molecule has 5 aromatic carbocycles. The van der Waals surface area contributed by atoms with Gasteiger partial charge < -0.3 is 0 Å². The number of benzene rings is 5. The number of para-hydroxylation sites is 1. The van der Waals surface area contributed by atoms with Gasteiger partial charge in [0.1, 0.15) is 52.7 Å². The third kappa shape index (κ3) is 5.88. The van der Waals surface area contributed by atoms with E-state index in [1.54, 1.807) is 0 Å². The minimum Gasteiger partial charge on any atom is -0.211 e. The zero-order chi connectivity index (χ0) is 41.2. The fourth-order valence-electron chi connectivity index (χ4n) is 5.94. The molecule has 0 unspecified atom stereocenters. The molecule has 1 heterocycles. The van der Waals surface area contributed by atoms with Gasteiger partial charge in [-0.3, -0.25) is 0 Å². The molecule has 0 bridgehead atoms. The van der Waals surface area contributed by atoms with Gasteiger partial charge in [-0.05, 0) is 12.1 Å². The minimum absolute atomic E-state index is 1.19. The molecule has 6 rings (SSSR count). The SMILES string of the molecule is Fc1c(F)c(F)c([B-](c2c(F)c(F)c(F)c(F)c2F)(c2c(F)c(F)c(F)c(F)c2F)c2c(F)c(F)c(F)c(F)c2F)c(F)c1F.c1ccc2[nH+]cccc2c1. The molecule has 1 N–H and O–H groups in total. The molecule has 22 heteroatoms. The summed E-state index contributed by atoms with van der Waals surface area (Å²) in [6.07, 6.45) is -5.28. The summed E-state index contributed by atoms with van der Waals surface area (Å²) in [6.45, 7) is 0. The second-order valence-electron chi connectivity index (χ2n) is 11.1. The lowest BCUT2D eigenvalue weighted by molar-refractivity contribution is -0.344. The highest BCUT2D eigenvalue weighted by atomic mass is 19.2. The van der Waals surface area contributed by atoms with Crippen LogP contribution in [0.25, 0.3) is 10.9 Å². The van der Waals surface area contributed by atoms with Gasteiger partial charge in [-0.2, -0.15) is 0 Å². The van der Waals surface area contributed by atoms with Crippen LogP contribution >= 0.6 is 0 Å². The van der Waals surface area contributed by atoms with Crippen molar-refractivity contribution >= 4 is 38.9 Å².